The normalized spacial score (nSPS) is 18.9. The third-order valence-electron chi connectivity index (χ3n) is 3.91. The van der Waals surface area contributed by atoms with Gasteiger partial charge in [-0.2, -0.15) is 0 Å². The number of rotatable bonds is 4. The lowest BCUT2D eigenvalue weighted by molar-refractivity contribution is -0.131. The summed E-state index contributed by atoms with van der Waals surface area (Å²) < 4.78 is 5.30. The number of likely N-dealkylation sites (tertiary alicyclic amines) is 1. The van der Waals surface area contributed by atoms with Gasteiger partial charge in [-0.3, -0.25) is 4.79 Å². The van der Waals surface area contributed by atoms with E-state index in [0.29, 0.717) is 13.1 Å². The minimum atomic E-state index is -0.505. The van der Waals surface area contributed by atoms with Gasteiger partial charge in [0.2, 0.25) is 5.91 Å². The van der Waals surface area contributed by atoms with E-state index in [1.807, 2.05) is 30.3 Å². The Bertz CT molecular complexity index is 519. The van der Waals surface area contributed by atoms with Crippen LogP contribution in [0.5, 0.6) is 0 Å². The predicted octanol–water partition coefficient (Wildman–Crippen LogP) is 1.20. The number of hydrogen-bond donors (Lipinski definition) is 1. The van der Waals surface area contributed by atoms with E-state index in [1.165, 1.54) is 0 Å². The zero-order valence-corrected chi connectivity index (χ0v) is 13.1. The highest BCUT2D eigenvalue weighted by Crippen LogP contribution is 2.16. The van der Waals surface area contributed by atoms with Crippen molar-refractivity contribution in [3.8, 4) is 0 Å². The molecule has 1 heterocycles. The van der Waals surface area contributed by atoms with Gasteiger partial charge in [-0.15, -0.1) is 0 Å². The van der Waals surface area contributed by atoms with Crippen molar-refractivity contribution < 1.29 is 14.3 Å². The molecule has 6 heteroatoms. The predicted molar refractivity (Wildman–Crippen MR) is 83.0 cm³/mol. The Hall–Kier alpha value is -2.08. The molecule has 1 aliphatic heterocycles. The Labute approximate surface area is 130 Å². The maximum Gasteiger partial charge on any atom is 0.410 e. The van der Waals surface area contributed by atoms with Crippen LogP contribution in [0.3, 0.4) is 0 Å². The number of amides is 2. The highest BCUT2D eigenvalue weighted by atomic mass is 16.6. The van der Waals surface area contributed by atoms with Crippen molar-refractivity contribution in [2.24, 2.45) is 5.73 Å². The van der Waals surface area contributed by atoms with Crippen LogP contribution in [0.1, 0.15) is 18.9 Å². The molecule has 1 saturated heterocycles. The minimum Gasteiger partial charge on any atom is -0.445 e. The van der Waals surface area contributed by atoms with Crippen molar-refractivity contribution in [1.82, 2.24) is 9.80 Å². The van der Waals surface area contributed by atoms with Crippen LogP contribution in [0.2, 0.25) is 0 Å². The molecule has 22 heavy (non-hydrogen) atoms. The van der Waals surface area contributed by atoms with Crippen LogP contribution in [-0.2, 0) is 16.1 Å². The average molecular weight is 305 g/mol. The number of benzene rings is 1. The van der Waals surface area contributed by atoms with Gasteiger partial charge in [0.15, 0.2) is 0 Å². The van der Waals surface area contributed by atoms with Gasteiger partial charge in [-0.1, -0.05) is 30.3 Å². The number of carbonyl (C=O) groups excluding carboxylic acids is 2. The second-order valence-corrected chi connectivity index (χ2v) is 5.67. The van der Waals surface area contributed by atoms with E-state index in [-0.39, 0.29) is 24.6 Å². The van der Waals surface area contributed by atoms with Crippen LogP contribution in [-0.4, -0.2) is 54.0 Å². The van der Waals surface area contributed by atoms with E-state index in [9.17, 15) is 9.59 Å². The van der Waals surface area contributed by atoms with Crippen LogP contribution in [0.4, 0.5) is 4.79 Å². The maximum atomic E-state index is 12.1. The fraction of sp³-hybridized carbons (Fsp3) is 0.500. The molecule has 2 rings (SSSR count). The molecular weight excluding hydrogens is 282 g/mol. The topological polar surface area (TPSA) is 75.9 Å². The van der Waals surface area contributed by atoms with Crippen molar-refractivity contribution in [1.29, 1.82) is 0 Å². The van der Waals surface area contributed by atoms with Gasteiger partial charge in [0, 0.05) is 20.1 Å². The van der Waals surface area contributed by atoms with Crippen molar-refractivity contribution in [3.05, 3.63) is 35.9 Å². The van der Waals surface area contributed by atoms with E-state index in [0.717, 1.165) is 12.0 Å². The van der Waals surface area contributed by atoms with Crippen molar-refractivity contribution in [2.45, 2.75) is 32.0 Å². The molecule has 0 saturated carbocycles. The van der Waals surface area contributed by atoms with Crippen LogP contribution < -0.4 is 5.73 Å². The summed E-state index contributed by atoms with van der Waals surface area (Å²) in [5.41, 5.74) is 6.56. The van der Waals surface area contributed by atoms with Crippen molar-refractivity contribution >= 4 is 12.0 Å². The third-order valence-corrected chi connectivity index (χ3v) is 3.91. The van der Waals surface area contributed by atoms with Gasteiger partial charge < -0.3 is 20.3 Å². The molecule has 1 fully saturated rings. The molecule has 2 N–H and O–H groups in total. The Morgan fingerprint density at radius 3 is 2.73 bits per heavy atom. The van der Waals surface area contributed by atoms with Crippen molar-refractivity contribution in [2.75, 3.05) is 20.1 Å². The number of carbonyl (C=O) groups is 2. The molecule has 0 radical (unpaired) electrons. The van der Waals surface area contributed by atoms with Gasteiger partial charge >= 0.3 is 6.09 Å². The molecule has 6 nitrogen and oxygen atoms in total. The second kappa shape index (κ2) is 7.26. The summed E-state index contributed by atoms with van der Waals surface area (Å²) in [6.07, 6.45) is 0.374. The fourth-order valence-corrected chi connectivity index (χ4v) is 2.52. The number of hydrogen-bond acceptors (Lipinski definition) is 4. The summed E-state index contributed by atoms with van der Waals surface area (Å²) >= 11 is 0. The first-order valence-corrected chi connectivity index (χ1v) is 7.47. The summed E-state index contributed by atoms with van der Waals surface area (Å²) in [7, 11) is 1.71. The average Bonchev–Trinajstić information content (AvgIpc) is 3.01. The number of nitrogens with two attached hydrogens (primary N) is 1. The lowest BCUT2D eigenvalue weighted by Gasteiger charge is -2.24. The molecule has 1 aliphatic rings. The molecule has 2 atom stereocenters. The zero-order chi connectivity index (χ0) is 16.1. The minimum absolute atomic E-state index is 0.0222. The molecule has 1 aromatic rings. The summed E-state index contributed by atoms with van der Waals surface area (Å²) in [6, 6.07) is 9.01. The molecule has 2 unspecified atom stereocenters. The van der Waals surface area contributed by atoms with Crippen molar-refractivity contribution in [3.63, 3.8) is 0 Å². The van der Waals surface area contributed by atoms with Gasteiger partial charge in [0.1, 0.15) is 6.61 Å². The first-order valence-electron chi connectivity index (χ1n) is 7.47. The van der Waals surface area contributed by atoms with Gasteiger partial charge in [-0.25, -0.2) is 4.79 Å². The molecule has 0 aromatic heterocycles. The zero-order valence-electron chi connectivity index (χ0n) is 13.1. The third kappa shape index (κ3) is 3.98. The first-order chi connectivity index (χ1) is 10.5. The molecule has 0 bridgehead atoms. The number of nitrogens with zero attached hydrogens (tertiary/aromatic N) is 2. The van der Waals surface area contributed by atoms with E-state index < -0.39 is 6.04 Å². The Morgan fingerprint density at radius 2 is 2.09 bits per heavy atom. The first kappa shape index (κ1) is 16.3. The highest BCUT2D eigenvalue weighted by molar-refractivity contribution is 5.81. The molecule has 120 valence electrons. The smallest absolute Gasteiger partial charge is 0.410 e. The Kier molecular flexibility index (Phi) is 5.38. The molecule has 2 amide bonds. The van der Waals surface area contributed by atoms with E-state index in [4.69, 9.17) is 10.5 Å². The lowest BCUT2D eigenvalue weighted by atomic mass is 10.2. The standard InChI is InChI=1S/C16H23N3O3/c1-12(17)15(20)19-9-8-14(10-19)18(2)16(21)22-11-13-6-4-3-5-7-13/h3-7,12,14H,8-11,17H2,1-2H3. The summed E-state index contributed by atoms with van der Waals surface area (Å²) in [5.74, 6) is -0.0754. The van der Waals surface area contributed by atoms with Gasteiger partial charge in [0.05, 0.1) is 12.1 Å². The SMILES string of the molecule is CC(N)C(=O)N1CCC(N(C)C(=O)OCc2ccccc2)C1. The summed E-state index contributed by atoms with van der Waals surface area (Å²) in [6.45, 7) is 3.06. The second-order valence-electron chi connectivity index (χ2n) is 5.67. The Morgan fingerprint density at radius 1 is 1.41 bits per heavy atom. The van der Waals surface area contributed by atoms with Gasteiger partial charge in [0.25, 0.3) is 0 Å². The van der Waals surface area contributed by atoms with Crippen LogP contribution in [0, 0.1) is 0 Å². The maximum absolute atomic E-state index is 12.1. The fourth-order valence-electron chi connectivity index (χ4n) is 2.52. The largest absolute Gasteiger partial charge is 0.445 e. The van der Waals surface area contributed by atoms with Crippen LogP contribution in [0.15, 0.2) is 30.3 Å². The lowest BCUT2D eigenvalue weighted by Crippen LogP contribution is -2.44. The number of likely N-dealkylation sites (N-methyl/N-ethyl adjacent to an activating group) is 1. The van der Waals surface area contributed by atoms with E-state index in [2.05, 4.69) is 0 Å². The molecular formula is C16H23N3O3. The molecule has 0 spiro atoms. The highest BCUT2D eigenvalue weighted by Gasteiger charge is 2.32. The quantitative estimate of drug-likeness (QED) is 0.907. The van der Waals surface area contributed by atoms with Crippen LogP contribution >= 0.6 is 0 Å². The monoisotopic (exact) mass is 305 g/mol. The molecule has 1 aromatic carbocycles. The van der Waals surface area contributed by atoms with E-state index >= 15 is 0 Å². The van der Waals surface area contributed by atoms with E-state index in [1.54, 1.807) is 23.8 Å². The summed E-state index contributed by atoms with van der Waals surface area (Å²) in [5, 5.41) is 0. The van der Waals surface area contributed by atoms with Crippen LogP contribution in [0.25, 0.3) is 0 Å². The van der Waals surface area contributed by atoms with Gasteiger partial charge in [-0.05, 0) is 18.9 Å². The summed E-state index contributed by atoms with van der Waals surface area (Å²) in [4.78, 5) is 27.2. The molecule has 0 aliphatic carbocycles. The Balaban J connectivity index is 1.83. The number of ether oxygens (including phenoxy) is 1.